The van der Waals surface area contributed by atoms with E-state index in [1.54, 1.807) is 0 Å². The SMILES string of the molecule is CC1(C)c2ccccc2Oc2ccc(-c3ccc(NC4=CCCC=C4)c([C@@H]4C=CC=CC4)c3)cc21. The highest BCUT2D eigenvalue weighted by atomic mass is 16.5. The Morgan fingerprint density at radius 1 is 0.829 bits per heavy atom. The summed E-state index contributed by atoms with van der Waals surface area (Å²) in [5.41, 5.74) is 8.51. The lowest BCUT2D eigenvalue weighted by atomic mass is 9.75. The van der Waals surface area contributed by atoms with Gasteiger partial charge in [0.15, 0.2) is 0 Å². The Bertz CT molecular complexity index is 1400. The smallest absolute Gasteiger partial charge is 0.131 e. The molecule has 0 amide bonds. The predicted octanol–water partition coefficient (Wildman–Crippen LogP) is 9.03. The molecule has 2 nitrogen and oxygen atoms in total. The minimum Gasteiger partial charge on any atom is -0.457 e. The number of para-hydroxylation sites is 1. The molecule has 0 aromatic heterocycles. The van der Waals surface area contributed by atoms with E-state index in [2.05, 4.69) is 116 Å². The lowest BCUT2D eigenvalue weighted by Gasteiger charge is -2.34. The van der Waals surface area contributed by atoms with Crippen LogP contribution in [0.1, 0.15) is 55.7 Å². The molecule has 0 spiro atoms. The molecule has 0 saturated carbocycles. The number of hydrogen-bond donors (Lipinski definition) is 1. The third kappa shape index (κ3) is 4.04. The Morgan fingerprint density at radius 3 is 2.49 bits per heavy atom. The largest absolute Gasteiger partial charge is 0.457 e. The molecule has 0 radical (unpaired) electrons. The Labute approximate surface area is 208 Å². The average Bonchev–Trinajstić information content (AvgIpc) is 2.90. The van der Waals surface area contributed by atoms with Crippen LogP contribution >= 0.6 is 0 Å². The Morgan fingerprint density at radius 2 is 1.66 bits per heavy atom. The van der Waals surface area contributed by atoms with Crippen molar-refractivity contribution in [2.24, 2.45) is 0 Å². The van der Waals surface area contributed by atoms with E-state index in [1.165, 1.54) is 39.2 Å². The van der Waals surface area contributed by atoms with Crippen molar-refractivity contribution in [3.63, 3.8) is 0 Å². The zero-order valence-corrected chi connectivity index (χ0v) is 20.4. The van der Waals surface area contributed by atoms with Crippen molar-refractivity contribution in [3.8, 4) is 22.6 Å². The van der Waals surface area contributed by atoms with Crippen LogP contribution in [0, 0.1) is 0 Å². The lowest BCUT2D eigenvalue weighted by molar-refractivity contribution is 0.418. The summed E-state index contributed by atoms with van der Waals surface area (Å²) in [4.78, 5) is 0. The minimum absolute atomic E-state index is 0.124. The van der Waals surface area contributed by atoms with Gasteiger partial charge in [0.2, 0.25) is 0 Å². The van der Waals surface area contributed by atoms with E-state index in [4.69, 9.17) is 4.74 Å². The summed E-state index contributed by atoms with van der Waals surface area (Å²) in [6.07, 6.45) is 18.8. The van der Waals surface area contributed by atoms with Gasteiger partial charge in [-0.2, -0.15) is 0 Å². The van der Waals surface area contributed by atoms with Crippen molar-refractivity contribution in [3.05, 3.63) is 126 Å². The van der Waals surface area contributed by atoms with Gasteiger partial charge in [-0.05, 0) is 72.4 Å². The fourth-order valence-electron chi connectivity index (χ4n) is 5.46. The van der Waals surface area contributed by atoms with E-state index in [9.17, 15) is 0 Å². The molecule has 1 atom stereocenters. The molecule has 0 fully saturated rings. The van der Waals surface area contributed by atoms with Crippen LogP contribution in [-0.2, 0) is 5.41 Å². The second kappa shape index (κ2) is 8.78. The van der Waals surface area contributed by atoms with Gasteiger partial charge in [0.25, 0.3) is 0 Å². The molecule has 0 saturated heterocycles. The topological polar surface area (TPSA) is 21.3 Å². The quantitative estimate of drug-likeness (QED) is 0.422. The standard InChI is InChI=1S/C33H31NO/c1-33(2)28-15-9-10-16-31(28)35-32-20-18-25(22-29(32)33)24-17-19-30(34-26-13-7-4-8-14-26)27(21-24)23-11-5-3-6-12-23/h3,5-7,9-11,13-23,34H,4,8,12H2,1-2H3/t23-/m1/s1. The Balaban J connectivity index is 1.40. The maximum Gasteiger partial charge on any atom is 0.131 e. The second-order valence-electron chi connectivity index (χ2n) is 10.2. The molecule has 1 heterocycles. The van der Waals surface area contributed by atoms with Crippen LogP contribution in [0.5, 0.6) is 11.5 Å². The highest BCUT2D eigenvalue weighted by Gasteiger charge is 2.34. The van der Waals surface area contributed by atoms with Crippen LogP contribution in [0.3, 0.4) is 0 Å². The fourth-order valence-corrected chi connectivity index (χ4v) is 5.46. The summed E-state index contributed by atoms with van der Waals surface area (Å²) >= 11 is 0. The molecule has 1 N–H and O–H groups in total. The molecule has 0 bridgehead atoms. The van der Waals surface area contributed by atoms with Gasteiger partial charge in [0.1, 0.15) is 11.5 Å². The van der Waals surface area contributed by atoms with E-state index in [0.717, 1.165) is 30.8 Å². The summed E-state index contributed by atoms with van der Waals surface area (Å²) in [7, 11) is 0. The van der Waals surface area contributed by atoms with Crippen molar-refractivity contribution < 1.29 is 4.74 Å². The maximum absolute atomic E-state index is 6.29. The molecule has 174 valence electrons. The number of benzene rings is 3. The monoisotopic (exact) mass is 457 g/mol. The van der Waals surface area contributed by atoms with Gasteiger partial charge in [-0.25, -0.2) is 0 Å². The number of fused-ring (bicyclic) bond motifs is 2. The third-order valence-corrected chi connectivity index (χ3v) is 7.47. The van der Waals surface area contributed by atoms with Gasteiger partial charge in [0, 0.05) is 33.8 Å². The van der Waals surface area contributed by atoms with Crippen molar-refractivity contribution in [1.82, 2.24) is 0 Å². The molecule has 6 rings (SSSR count). The molecule has 0 unspecified atom stereocenters. The van der Waals surface area contributed by atoms with Crippen LogP contribution in [0.15, 0.2) is 109 Å². The average molecular weight is 458 g/mol. The number of nitrogens with one attached hydrogen (secondary N) is 1. The molecule has 2 aliphatic carbocycles. The molecule has 1 aliphatic heterocycles. The zero-order chi connectivity index (χ0) is 23.8. The molecule has 35 heavy (non-hydrogen) atoms. The molecule has 2 heteroatoms. The van der Waals surface area contributed by atoms with Gasteiger partial charge in [-0.3, -0.25) is 0 Å². The lowest BCUT2D eigenvalue weighted by Crippen LogP contribution is -2.24. The van der Waals surface area contributed by atoms with Gasteiger partial charge >= 0.3 is 0 Å². The molecule has 3 aromatic rings. The summed E-state index contributed by atoms with van der Waals surface area (Å²) in [6, 6.07) is 21.9. The summed E-state index contributed by atoms with van der Waals surface area (Å²) in [5.74, 6) is 2.27. The van der Waals surface area contributed by atoms with Gasteiger partial charge < -0.3 is 10.1 Å². The van der Waals surface area contributed by atoms with E-state index < -0.39 is 0 Å². The van der Waals surface area contributed by atoms with E-state index in [0.29, 0.717) is 5.92 Å². The highest BCUT2D eigenvalue weighted by molar-refractivity contribution is 5.73. The first-order valence-electron chi connectivity index (χ1n) is 12.6. The first kappa shape index (κ1) is 21.7. The Hall–Kier alpha value is -3.78. The summed E-state index contributed by atoms with van der Waals surface area (Å²) in [5, 5.41) is 3.70. The number of allylic oxidation sites excluding steroid dienone is 7. The molecule has 3 aromatic carbocycles. The fraction of sp³-hybridized carbons (Fsp3) is 0.212. The number of ether oxygens (including phenoxy) is 1. The number of hydrogen-bond acceptors (Lipinski definition) is 2. The maximum atomic E-state index is 6.29. The van der Waals surface area contributed by atoms with Crippen molar-refractivity contribution >= 4 is 5.69 Å². The van der Waals surface area contributed by atoms with E-state index >= 15 is 0 Å². The molecule has 3 aliphatic rings. The summed E-state index contributed by atoms with van der Waals surface area (Å²) < 4.78 is 6.29. The normalized spacial score (nSPS) is 19.4. The molecular weight excluding hydrogens is 426 g/mol. The Kier molecular flexibility index (Phi) is 5.45. The predicted molar refractivity (Wildman–Crippen MR) is 146 cm³/mol. The van der Waals surface area contributed by atoms with E-state index in [-0.39, 0.29) is 5.41 Å². The van der Waals surface area contributed by atoms with Crippen LogP contribution < -0.4 is 10.1 Å². The van der Waals surface area contributed by atoms with Crippen LogP contribution in [0.4, 0.5) is 5.69 Å². The van der Waals surface area contributed by atoms with Crippen LogP contribution in [0.25, 0.3) is 11.1 Å². The van der Waals surface area contributed by atoms with Crippen LogP contribution in [0.2, 0.25) is 0 Å². The summed E-state index contributed by atoms with van der Waals surface area (Å²) in [6.45, 7) is 4.58. The first-order valence-corrected chi connectivity index (χ1v) is 12.6. The third-order valence-electron chi connectivity index (χ3n) is 7.47. The second-order valence-corrected chi connectivity index (χ2v) is 10.2. The molecular formula is C33H31NO. The zero-order valence-electron chi connectivity index (χ0n) is 20.4. The van der Waals surface area contributed by atoms with Crippen molar-refractivity contribution in [1.29, 1.82) is 0 Å². The minimum atomic E-state index is -0.124. The van der Waals surface area contributed by atoms with Gasteiger partial charge in [-0.15, -0.1) is 0 Å². The van der Waals surface area contributed by atoms with Crippen LogP contribution in [-0.4, -0.2) is 0 Å². The van der Waals surface area contributed by atoms with E-state index in [1.807, 2.05) is 6.07 Å². The number of rotatable bonds is 4. The van der Waals surface area contributed by atoms with Crippen molar-refractivity contribution in [2.75, 3.05) is 5.32 Å². The van der Waals surface area contributed by atoms with Crippen molar-refractivity contribution in [2.45, 2.75) is 44.4 Å². The first-order chi connectivity index (χ1) is 17.1. The van der Waals surface area contributed by atoms with Gasteiger partial charge in [-0.1, -0.05) is 80.6 Å². The number of anilines is 1. The van der Waals surface area contributed by atoms with Gasteiger partial charge in [0.05, 0.1) is 0 Å². The highest BCUT2D eigenvalue weighted by Crippen LogP contribution is 2.49.